The van der Waals surface area contributed by atoms with Crippen LogP contribution >= 0.6 is 0 Å². The van der Waals surface area contributed by atoms with Crippen LogP contribution < -0.4 is 14.8 Å². The molecule has 1 atom stereocenters. The van der Waals surface area contributed by atoms with Crippen LogP contribution in [0.2, 0.25) is 0 Å². The van der Waals surface area contributed by atoms with Gasteiger partial charge in [-0.1, -0.05) is 32.3 Å². The number of unbranched alkanes of at least 4 members (excludes halogenated alkanes) is 4. The number of methoxy groups -OCH3 is 2. The number of anilines is 1. The normalized spacial score (nSPS) is 15.9. The van der Waals surface area contributed by atoms with Crippen LogP contribution in [-0.2, 0) is 19.4 Å². The zero-order valence-electron chi connectivity index (χ0n) is 22.5. The van der Waals surface area contributed by atoms with Gasteiger partial charge >= 0.3 is 0 Å². The third-order valence-electron chi connectivity index (χ3n) is 7.05. The molecule has 0 bridgehead atoms. The van der Waals surface area contributed by atoms with Gasteiger partial charge in [-0.25, -0.2) is 14.4 Å². The Hall–Kier alpha value is -2.94. The molecule has 0 radical (unpaired) electrons. The van der Waals surface area contributed by atoms with Crippen LogP contribution in [0.4, 0.5) is 10.2 Å². The van der Waals surface area contributed by atoms with Crippen LogP contribution in [0.3, 0.4) is 0 Å². The van der Waals surface area contributed by atoms with E-state index in [0.717, 1.165) is 98.4 Å². The first-order valence-corrected chi connectivity index (χ1v) is 13.7. The molecule has 4 rings (SSSR count). The molecule has 1 aromatic carbocycles. The van der Waals surface area contributed by atoms with E-state index in [1.54, 1.807) is 14.2 Å². The van der Waals surface area contributed by atoms with Gasteiger partial charge in [-0.2, -0.15) is 5.10 Å². The Morgan fingerprint density at radius 3 is 2.62 bits per heavy atom. The molecule has 1 saturated heterocycles. The van der Waals surface area contributed by atoms with Gasteiger partial charge in [0.25, 0.3) is 0 Å². The Morgan fingerprint density at radius 1 is 1.03 bits per heavy atom. The molecule has 2 N–H and O–H groups in total. The summed E-state index contributed by atoms with van der Waals surface area (Å²) in [5, 5.41) is 11.3. The molecule has 9 heteroatoms. The van der Waals surface area contributed by atoms with Gasteiger partial charge in [0.15, 0.2) is 22.8 Å². The molecule has 0 unspecified atom stereocenters. The maximum Gasteiger partial charge on any atom is 0.161 e. The number of likely N-dealkylation sites (tertiary alicyclic amines) is 1. The van der Waals surface area contributed by atoms with E-state index in [-0.39, 0.29) is 0 Å². The minimum Gasteiger partial charge on any atom is -0.493 e. The lowest BCUT2D eigenvalue weighted by Gasteiger charge is -2.13. The Labute approximate surface area is 219 Å². The number of halogens is 1. The number of H-pyrrole nitrogens is 1. The molecular weight excluding hydrogens is 471 g/mol. The number of ether oxygens (including phenoxy) is 2. The fraction of sp³-hybridized carbons (Fsp3) is 0.607. The summed E-state index contributed by atoms with van der Waals surface area (Å²) in [6.45, 7) is 5.29. The maximum atomic E-state index is 13.3. The molecule has 0 saturated carbocycles. The van der Waals surface area contributed by atoms with Gasteiger partial charge in [-0.3, -0.25) is 5.10 Å². The number of rotatable bonds is 15. The van der Waals surface area contributed by atoms with Crippen molar-refractivity contribution in [2.45, 2.75) is 77.4 Å². The van der Waals surface area contributed by atoms with Crippen molar-refractivity contribution in [3.63, 3.8) is 0 Å². The molecule has 1 aliphatic heterocycles. The monoisotopic (exact) mass is 512 g/mol. The lowest BCUT2D eigenvalue weighted by atomic mass is 10.1. The van der Waals surface area contributed by atoms with E-state index in [1.807, 2.05) is 18.2 Å². The van der Waals surface area contributed by atoms with Crippen molar-refractivity contribution in [2.75, 3.05) is 39.2 Å². The number of hydrogen-bond acceptors (Lipinski definition) is 7. The van der Waals surface area contributed by atoms with Gasteiger partial charge in [0, 0.05) is 26.1 Å². The second-order valence-electron chi connectivity index (χ2n) is 9.89. The number of nitrogens with one attached hydrogen (secondary N) is 2. The van der Waals surface area contributed by atoms with E-state index in [9.17, 15) is 4.39 Å². The number of aromatic amines is 1. The number of hydrogen-bond donors (Lipinski definition) is 2. The van der Waals surface area contributed by atoms with E-state index in [0.29, 0.717) is 31.0 Å². The second kappa shape index (κ2) is 13.6. The van der Waals surface area contributed by atoms with Crippen molar-refractivity contribution >= 4 is 16.9 Å². The minimum absolute atomic E-state index is 0.585. The first kappa shape index (κ1) is 27.1. The largest absolute Gasteiger partial charge is 0.493 e. The van der Waals surface area contributed by atoms with E-state index in [4.69, 9.17) is 19.4 Å². The van der Waals surface area contributed by atoms with Gasteiger partial charge in [0.2, 0.25) is 0 Å². The van der Waals surface area contributed by atoms with Gasteiger partial charge in [0.05, 0.1) is 19.9 Å². The molecule has 0 aliphatic carbocycles. The highest BCUT2D eigenvalue weighted by Crippen LogP contribution is 2.29. The summed E-state index contributed by atoms with van der Waals surface area (Å²) in [7, 11) is 3.28. The molecule has 3 heterocycles. The third kappa shape index (κ3) is 7.31. The zero-order valence-corrected chi connectivity index (χ0v) is 22.5. The van der Waals surface area contributed by atoms with Crippen LogP contribution in [0.1, 0.15) is 69.0 Å². The van der Waals surface area contributed by atoms with Crippen LogP contribution in [-0.4, -0.2) is 65.1 Å². The van der Waals surface area contributed by atoms with E-state index in [1.165, 1.54) is 0 Å². The molecular formula is C28H41FN6O2. The average molecular weight is 513 g/mol. The number of aromatic nitrogens is 4. The lowest BCUT2D eigenvalue weighted by Crippen LogP contribution is -2.22. The quantitative estimate of drug-likeness (QED) is 0.261. The van der Waals surface area contributed by atoms with E-state index >= 15 is 0 Å². The van der Waals surface area contributed by atoms with Crippen LogP contribution in [0.15, 0.2) is 18.2 Å². The van der Waals surface area contributed by atoms with Crippen molar-refractivity contribution in [3.8, 4) is 11.5 Å². The highest BCUT2D eigenvalue weighted by molar-refractivity contribution is 5.87. The first-order chi connectivity index (χ1) is 18.1. The maximum absolute atomic E-state index is 13.3. The Balaban J connectivity index is 1.38. The van der Waals surface area contributed by atoms with Crippen LogP contribution in [0.5, 0.6) is 11.5 Å². The van der Waals surface area contributed by atoms with Crippen LogP contribution in [0.25, 0.3) is 11.0 Å². The zero-order chi connectivity index (χ0) is 26.0. The van der Waals surface area contributed by atoms with Crippen molar-refractivity contribution in [2.24, 2.45) is 0 Å². The number of benzene rings is 1. The molecule has 202 valence electrons. The predicted octanol–water partition coefficient (Wildman–Crippen LogP) is 5.47. The molecule has 8 nitrogen and oxygen atoms in total. The summed E-state index contributed by atoms with van der Waals surface area (Å²) >= 11 is 0. The topological polar surface area (TPSA) is 88.2 Å². The number of nitrogens with zero attached hydrogens (tertiary/aromatic N) is 4. The van der Waals surface area contributed by atoms with Gasteiger partial charge in [0.1, 0.15) is 17.5 Å². The summed E-state index contributed by atoms with van der Waals surface area (Å²) in [5.41, 5.74) is 3.84. The molecule has 1 aliphatic rings. The summed E-state index contributed by atoms with van der Waals surface area (Å²) in [6, 6.07) is 5.89. The number of alkyl halides is 1. The number of fused-ring (bicyclic) bond motifs is 1. The predicted molar refractivity (Wildman–Crippen MR) is 145 cm³/mol. The number of aryl methyl sites for hydroxylation is 2. The first-order valence-electron chi connectivity index (χ1n) is 13.7. The molecule has 37 heavy (non-hydrogen) atoms. The third-order valence-corrected chi connectivity index (χ3v) is 7.05. The van der Waals surface area contributed by atoms with Crippen molar-refractivity contribution in [1.29, 1.82) is 0 Å². The standard InChI is InChI=1S/C28H41FN6O2/c1-4-5-11-25-31-26-22(10-8-6-7-9-15-35-16-14-21(29)19-35)33-34-27(26)28(32-25)30-18-20-12-13-23(36-2)24(17-20)37-3/h12-13,17,21H,4-11,14-16,18-19H2,1-3H3,(H,33,34)(H,30,31,32)/t21-/m1/s1. The second-order valence-corrected chi connectivity index (χ2v) is 9.89. The van der Waals surface area contributed by atoms with Gasteiger partial charge in [-0.05, 0) is 56.3 Å². The molecule has 0 amide bonds. The van der Waals surface area contributed by atoms with E-state index in [2.05, 4.69) is 27.3 Å². The fourth-order valence-corrected chi connectivity index (χ4v) is 4.89. The van der Waals surface area contributed by atoms with Crippen molar-refractivity contribution < 1.29 is 13.9 Å². The Kier molecular flexibility index (Phi) is 9.93. The summed E-state index contributed by atoms with van der Waals surface area (Å²) < 4.78 is 24.1. The van der Waals surface area contributed by atoms with Crippen molar-refractivity contribution in [1.82, 2.24) is 25.1 Å². The summed E-state index contributed by atoms with van der Waals surface area (Å²) in [6.07, 6.45) is 8.47. The minimum atomic E-state index is -0.628. The Morgan fingerprint density at radius 2 is 1.86 bits per heavy atom. The molecule has 0 spiro atoms. The SMILES string of the molecule is CCCCc1nc(NCc2ccc(OC)c(OC)c2)c2n[nH]c(CCCCCCN3CC[C@@H](F)C3)c2n1. The highest BCUT2D eigenvalue weighted by atomic mass is 19.1. The van der Waals surface area contributed by atoms with Gasteiger partial charge in [-0.15, -0.1) is 0 Å². The van der Waals surface area contributed by atoms with Gasteiger partial charge < -0.3 is 19.7 Å². The molecule has 1 fully saturated rings. The fourth-order valence-electron chi connectivity index (χ4n) is 4.89. The van der Waals surface area contributed by atoms with E-state index < -0.39 is 6.17 Å². The Bertz CT molecular complexity index is 1140. The van der Waals surface area contributed by atoms with Crippen molar-refractivity contribution in [3.05, 3.63) is 35.3 Å². The summed E-state index contributed by atoms with van der Waals surface area (Å²) in [5.74, 6) is 3.01. The highest BCUT2D eigenvalue weighted by Gasteiger charge is 2.20. The molecule has 2 aromatic heterocycles. The smallest absolute Gasteiger partial charge is 0.161 e. The van der Waals surface area contributed by atoms with Crippen LogP contribution in [0, 0.1) is 0 Å². The molecule has 3 aromatic rings. The lowest BCUT2D eigenvalue weighted by molar-refractivity contribution is 0.283. The summed E-state index contributed by atoms with van der Waals surface area (Å²) in [4.78, 5) is 12.0. The average Bonchev–Trinajstić information content (AvgIpc) is 3.53.